The van der Waals surface area contributed by atoms with Crippen LogP contribution in [0.1, 0.15) is 24.5 Å². The Morgan fingerprint density at radius 1 is 1.32 bits per heavy atom. The van der Waals surface area contributed by atoms with E-state index in [-0.39, 0.29) is 24.1 Å². The number of amides is 1. The van der Waals surface area contributed by atoms with Crippen molar-refractivity contribution >= 4 is 27.8 Å². The highest BCUT2D eigenvalue weighted by Crippen LogP contribution is 2.51. The van der Waals surface area contributed by atoms with E-state index in [9.17, 15) is 9.18 Å². The summed E-state index contributed by atoms with van der Waals surface area (Å²) in [6, 6.07) is 11.6. The van der Waals surface area contributed by atoms with E-state index in [1.165, 1.54) is 12.1 Å². The first-order valence-corrected chi connectivity index (χ1v) is 8.54. The zero-order valence-corrected chi connectivity index (χ0v) is 14.9. The quantitative estimate of drug-likeness (QED) is 0.768. The van der Waals surface area contributed by atoms with Crippen LogP contribution in [-0.4, -0.2) is 11.9 Å². The van der Waals surface area contributed by atoms with Gasteiger partial charge in [-0.2, -0.15) is 0 Å². The Labute approximate surface area is 152 Å². The van der Waals surface area contributed by atoms with Crippen LogP contribution in [-0.2, 0) is 15.9 Å². The lowest BCUT2D eigenvalue weighted by atomic mass is 9.74. The summed E-state index contributed by atoms with van der Waals surface area (Å²) in [5.41, 5.74) is 4.91. The maximum atomic E-state index is 13.8. The number of hydrogen-bond donors (Lipinski definition) is 2. The Bertz CT molecular complexity index is 932. The number of benzene rings is 2. The number of carbonyl (C=O) groups is 1. The fourth-order valence-electron chi connectivity index (χ4n) is 3.56. The topological polar surface area (TPSA) is 76.7 Å². The Morgan fingerprint density at radius 2 is 2.12 bits per heavy atom. The molecule has 0 aliphatic carbocycles. The third-order valence-electron chi connectivity index (χ3n) is 4.68. The second kappa shape index (κ2) is 5.29. The largest absolute Gasteiger partial charge is 0.482 e. The molecule has 0 aromatic heterocycles. The fraction of sp³-hybridized carbons (Fsp3) is 0.222. The molecule has 5 nitrogen and oxygen atoms in total. The predicted octanol–water partition coefficient (Wildman–Crippen LogP) is 2.93. The molecule has 128 valence electrons. The number of guanidine groups is 1. The van der Waals surface area contributed by atoms with Gasteiger partial charge in [-0.05, 0) is 42.8 Å². The number of nitrogens with one attached hydrogen (secondary N) is 1. The summed E-state index contributed by atoms with van der Waals surface area (Å²) in [7, 11) is 0. The molecular weight excluding hydrogens is 389 g/mol. The van der Waals surface area contributed by atoms with Crippen LogP contribution in [0.25, 0.3) is 0 Å². The fourth-order valence-corrected chi connectivity index (χ4v) is 3.92. The molecule has 0 saturated carbocycles. The van der Waals surface area contributed by atoms with E-state index in [0.717, 1.165) is 4.47 Å². The second-order valence-corrected chi connectivity index (χ2v) is 7.39. The van der Waals surface area contributed by atoms with E-state index in [0.29, 0.717) is 16.9 Å². The monoisotopic (exact) mass is 403 g/mol. The highest BCUT2D eigenvalue weighted by atomic mass is 79.9. The Hall–Kier alpha value is -2.41. The molecule has 2 aliphatic rings. The third kappa shape index (κ3) is 2.41. The molecule has 1 amide bonds. The molecule has 1 unspecified atom stereocenters. The lowest BCUT2D eigenvalue weighted by Crippen LogP contribution is -2.48. The number of aliphatic imine (C=N–C) groups is 1. The van der Waals surface area contributed by atoms with Gasteiger partial charge in [-0.25, -0.2) is 9.38 Å². The van der Waals surface area contributed by atoms with Gasteiger partial charge in [0.2, 0.25) is 0 Å². The van der Waals surface area contributed by atoms with Gasteiger partial charge < -0.3 is 10.5 Å². The van der Waals surface area contributed by atoms with Gasteiger partial charge in [-0.3, -0.25) is 10.1 Å². The van der Waals surface area contributed by atoms with Crippen molar-refractivity contribution in [3.63, 3.8) is 0 Å². The van der Waals surface area contributed by atoms with Crippen LogP contribution in [0, 0.1) is 5.82 Å². The first-order chi connectivity index (χ1) is 11.8. The Kier molecular flexibility index (Phi) is 3.40. The highest BCUT2D eigenvalue weighted by molar-refractivity contribution is 9.10. The average Bonchev–Trinajstić information content (AvgIpc) is 2.82. The van der Waals surface area contributed by atoms with Crippen molar-refractivity contribution in [2.45, 2.75) is 24.5 Å². The van der Waals surface area contributed by atoms with Crippen LogP contribution < -0.4 is 15.8 Å². The minimum Gasteiger partial charge on any atom is -0.482 e. The van der Waals surface area contributed by atoms with E-state index >= 15 is 0 Å². The van der Waals surface area contributed by atoms with Gasteiger partial charge in [0.05, 0.1) is 0 Å². The van der Waals surface area contributed by atoms with Crippen LogP contribution in [0.15, 0.2) is 51.9 Å². The molecule has 2 aliphatic heterocycles. The summed E-state index contributed by atoms with van der Waals surface area (Å²) in [6.07, 6.45) is 0.208. The molecule has 2 heterocycles. The molecule has 4 rings (SSSR count). The zero-order chi connectivity index (χ0) is 17.8. The summed E-state index contributed by atoms with van der Waals surface area (Å²) in [5, 5.41) is 2.58. The first kappa shape index (κ1) is 16.1. The first-order valence-electron chi connectivity index (χ1n) is 7.74. The molecule has 25 heavy (non-hydrogen) atoms. The number of fused-ring (bicyclic) bond motifs is 2. The maximum absolute atomic E-state index is 13.8. The van der Waals surface area contributed by atoms with E-state index < -0.39 is 11.1 Å². The van der Waals surface area contributed by atoms with Gasteiger partial charge in [-0.15, -0.1) is 0 Å². The van der Waals surface area contributed by atoms with Crippen molar-refractivity contribution in [2.75, 3.05) is 0 Å². The van der Waals surface area contributed by atoms with Gasteiger partial charge >= 0.3 is 0 Å². The van der Waals surface area contributed by atoms with Gasteiger partial charge in [0.25, 0.3) is 5.91 Å². The Balaban J connectivity index is 1.94. The second-order valence-electron chi connectivity index (χ2n) is 6.47. The van der Waals surface area contributed by atoms with Crippen LogP contribution in [0.3, 0.4) is 0 Å². The molecule has 2 atom stereocenters. The Morgan fingerprint density at radius 3 is 2.80 bits per heavy atom. The number of carbonyl (C=O) groups excluding carboxylic acids is 1. The molecule has 1 spiro atoms. The summed E-state index contributed by atoms with van der Waals surface area (Å²) >= 11 is 3.42. The van der Waals surface area contributed by atoms with Crippen LogP contribution in [0.5, 0.6) is 5.75 Å². The van der Waals surface area contributed by atoms with Crippen molar-refractivity contribution in [1.82, 2.24) is 5.32 Å². The van der Waals surface area contributed by atoms with Crippen molar-refractivity contribution in [3.8, 4) is 5.75 Å². The van der Waals surface area contributed by atoms with Crippen molar-refractivity contribution < 1.29 is 13.9 Å². The van der Waals surface area contributed by atoms with Gasteiger partial charge in [0.1, 0.15) is 17.2 Å². The lowest BCUT2D eigenvalue weighted by Gasteiger charge is -2.43. The minimum absolute atomic E-state index is 0.0689. The van der Waals surface area contributed by atoms with E-state index in [1.807, 2.05) is 19.1 Å². The number of hydrogen-bond acceptors (Lipinski definition) is 4. The van der Waals surface area contributed by atoms with E-state index in [4.69, 9.17) is 10.5 Å². The summed E-state index contributed by atoms with van der Waals surface area (Å²) < 4.78 is 20.8. The standard InChI is InChI=1S/C18H15BrFN3O2/c1-17(10-3-2-4-12(20)7-10)9-18(15(24)22-16(21)23-18)13-8-11(19)5-6-14(13)25-17/h2-8H,9H2,1H3,(H3,21,22,23,24)/t17-,18?/m1/s1. The molecule has 7 heteroatoms. The lowest BCUT2D eigenvalue weighted by molar-refractivity contribution is -0.127. The average molecular weight is 404 g/mol. The third-order valence-corrected chi connectivity index (χ3v) is 5.17. The van der Waals surface area contributed by atoms with E-state index in [1.54, 1.807) is 18.2 Å². The highest BCUT2D eigenvalue weighted by Gasteiger charge is 2.55. The summed E-state index contributed by atoms with van der Waals surface area (Å²) in [4.78, 5) is 17.2. The minimum atomic E-state index is -1.21. The van der Waals surface area contributed by atoms with E-state index in [2.05, 4.69) is 26.2 Å². The van der Waals surface area contributed by atoms with Crippen molar-refractivity contribution in [1.29, 1.82) is 0 Å². The number of nitrogens with zero attached hydrogens (tertiary/aromatic N) is 1. The normalized spacial score (nSPS) is 27.5. The molecule has 0 bridgehead atoms. The molecule has 3 N–H and O–H groups in total. The van der Waals surface area contributed by atoms with Crippen LogP contribution in [0.4, 0.5) is 4.39 Å². The number of nitrogens with two attached hydrogens (primary N) is 1. The van der Waals surface area contributed by atoms with Gasteiger partial charge in [0, 0.05) is 16.5 Å². The van der Waals surface area contributed by atoms with Crippen LogP contribution >= 0.6 is 15.9 Å². The zero-order valence-electron chi connectivity index (χ0n) is 13.3. The molecule has 0 fully saturated rings. The number of ether oxygens (including phenoxy) is 1. The number of rotatable bonds is 1. The molecule has 0 radical (unpaired) electrons. The molecular formula is C18H15BrFN3O2. The molecule has 0 saturated heterocycles. The molecule has 2 aromatic carbocycles. The maximum Gasteiger partial charge on any atom is 0.259 e. The smallest absolute Gasteiger partial charge is 0.259 e. The van der Waals surface area contributed by atoms with Crippen molar-refractivity contribution in [3.05, 3.63) is 63.9 Å². The van der Waals surface area contributed by atoms with Gasteiger partial charge in [0.15, 0.2) is 11.5 Å². The predicted molar refractivity (Wildman–Crippen MR) is 94.6 cm³/mol. The summed E-state index contributed by atoms with van der Waals surface area (Å²) in [6.45, 7) is 1.83. The molecule has 2 aromatic rings. The van der Waals surface area contributed by atoms with Crippen LogP contribution in [0.2, 0.25) is 0 Å². The SMILES string of the molecule is C[C@]1(c2cccc(F)c2)CC2(N=C(N)NC2=O)c2cc(Br)ccc2O1. The summed E-state index contributed by atoms with van der Waals surface area (Å²) in [5.74, 6) is -0.0821. The number of halogens is 2. The van der Waals surface area contributed by atoms with Gasteiger partial charge in [-0.1, -0.05) is 28.1 Å². The van der Waals surface area contributed by atoms with Crippen molar-refractivity contribution in [2.24, 2.45) is 10.7 Å².